The van der Waals surface area contributed by atoms with Crippen LogP contribution in [0.2, 0.25) is 0 Å². The Balaban J connectivity index is 2.21. The highest BCUT2D eigenvalue weighted by Gasteiger charge is 2.75. The van der Waals surface area contributed by atoms with E-state index in [1.165, 1.54) is 0 Å². The summed E-state index contributed by atoms with van der Waals surface area (Å²) in [5.41, 5.74) is -1.17. The van der Waals surface area contributed by atoms with Crippen molar-refractivity contribution in [1.82, 2.24) is 0 Å². The van der Waals surface area contributed by atoms with E-state index in [1.807, 2.05) is 0 Å². The fourth-order valence-electron chi connectivity index (χ4n) is 2.60. The van der Waals surface area contributed by atoms with Crippen molar-refractivity contribution in [2.24, 2.45) is 11.3 Å². The Kier molecular flexibility index (Phi) is 1.66. The van der Waals surface area contributed by atoms with Gasteiger partial charge in [0.05, 0.1) is 11.3 Å². The van der Waals surface area contributed by atoms with E-state index in [1.54, 1.807) is 0 Å². The fourth-order valence-corrected chi connectivity index (χ4v) is 2.60. The Morgan fingerprint density at radius 2 is 2.00 bits per heavy atom. The lowest BCUT2D eigenvalue weighted by atomic mass is 9.76. The van der Waals surface area contributed by atoms with Gasteiger partial charge in [0.15, 0.2) is 0 Å². The molecule has 13 heavy (non-hydrogen) atoms. The van der Waals surface area contributed by atoms with Gasteiger partial charge in [0.1, 0.15) is 0 Å². The minimum Gasteiger partial charge on any atom is -0.481 e. The molecular weight excluding hydrogens is 178 g/mol. The SMILES string of the molecule is O=C(O)[C@@H]1CCCC[C@]12CC2(F)F. The second-order valence-electron chi connectivity index (χ2n) is 4.17. The van der Waals surface area contributed by atoms with Gasteiger partial charge >= 0.3 is 5.97 Å². The average molecular weight is 190 g/mol. The number of carboxylic acid groups (broad SMARTS) is 1. The Morgan fingerprint density at radius 3 is 2.38 bits per heavy atom. The number of carboxylic acids is 1. The van der Waals surface area contributed by atoms with E-state index in [0.29, 0.717) is 12.8 Å². The van der Waals surface area contributed by atoms with Crippen molar-refractivity contribution in [3.63, 3.8) is 0 Å². The molecule has 2 atom stereocenters. The molecule has 0 radical (unpaired) electrons. The van der Waals surface area contributed by atoms with Crippen LogP contribution in [0.3, 0.4) is 0 Å². The van der Waals surface area contributed by atoms with Gasteiger partial charge < -0.3 is 5.11 Å². The molecule has 0 saturated heterocycles. The Morgan fingerprint density at radius 1 is 1.38 bits per heavy atom. The quantitative estimate of drug-likeness (QED) is 0.688. The lowest BCUT2D eigenvalue weighted by Gasteiger charge is -2.28. The van der Waals surface area contributed by atoms with Gasteiger partial charge in [0, 0.05) is 6.42 Å². The molecule has 2 saturated carbocycles. The number of halogens is 2. The average Bonchev–Trinajstić information content (AvgIpc) is 2.53. The molecule has 1 spiro atoms. The van der Waals surface area contributed by atoms with Crippen LogP contribution in [0.1, 0.15) is 32.1 Å². The predicted molar refractivity (Wildman–Crippen MR) is 41.6 cm³/mol. The van der Waals surface area contributed by atoms with Crippen LogP contribution in [0.15, 0.2) is 0 Å². The van der Waals surface area contributed by atoms with E-state index < -0.39 is 23.2 Å². The van der Waals surface area contributed by atoms with Crippen LogP contribution in [-0.2, 0) is 4.79 Å². The monoisotopic (exact) mass is 190 g/mol. The molecule has 0 unspecified atom stereocenters. The normalized spacial score (nSPS) is 41.8. The molecule has 0 aromatic heterocycles. The summed E-state index contributed by atoms with van der Waals surface area (Å²) in [6.45, 7) is 0. The topological polar surface area (TPSA) is 37.3 Å². The van der Waals surface area contributed by atoms with Gasteiger partial charge in [-0.25, -0.2) is 8.78 Å². The number of alkyl halides is 2. The molecular formula is C9H12F2O2. The highest BCUT2D eigenvalue weighted by Crippen LogP contribution is 2.69. The first kappa shape index (κ1) is 8.91. The molecule has 2 nitrogen and oxygen atoms in total. The van der Waals surface area contributed by atoms with E-state index in [9.17, 15) is 13.6 Å². The highest BCUT2D eigenvalue weighted by molar-refractivity contribution is 5.72. The molecule has 74 valence electrons. The smallest absolute Gasteiger partial charge is 0.307 e. The molecule has 0 heterocycles. The molecule has 0 aromatic carbocycles. The van der Waals surface area contributed by atoms with E-state index in [4.69, 9.17) is 5.11 Å². The standard InChI is InChI=1S/C9H12F2O2/c10-9(11)5-8(9)4-2-1-3-6(8)7(12)13/h6H,1-5H2,(H,12,13)/t6-,8-/m0/s1. The summed E-state index contributed by atoms with van der Waals surface area (Å²) in [6, 6.07) is 0. The van der Waals surface area contributed by atoms with Gasteiger partial charge in [0.25, 0.3) is 5.92 Å². The molecule has 0 aromatic rings. The molecule has 2 aliphatic carbocycles. The van der Waals surface area contributed by atoms with E-state index >= 15 is 0 Å². The number of rotatable bonds is 1. The van der Waals surface area contributed by atoms with Gasteiger partial charge in [-0.3, -0.25) is 4.79 Å². The zero-order valence-electron chi connectivity index (χ0n) is 7.22. The van der Waals surface area contributed by atoms with Crippen molar-refractivity contribution in [3.8, 4) is 0 Å². The van der Waals surface area contributed by atoms with Crippen molar-refractivity contribution >= 4 is 5.97 Å². The van der Waals surface area contributed by atoms with Crippen molar-refractivity contribution < 1.29 is 18.7 Å². The van der Waals surface area contributed by atoms with Crippen molar-refractivity contribution in [2.75, 3.05) is 0 Å². The minimum atomic E-state index is -2.71. The minimum absolute atomic E-state index is 0.211. The molecule has 2 fully saturated rings. The number of hydrogen-bond acceptors (Lipinski definition) is 1. The Bertz CT molecular complexity index is 252. The van der Waals surface area contributed by atoms with Crippen molar-refractivity contribution in [3.05, 3.63) is 0 Å². The van der Waals surface area contributed by atoms with Gasteiger partial charge in [-0.1, -0.05) is 12.8 Å². The molecule has 0 aliphatic heterocycles. The third kappa shape index (κ3) is 1.07. The van der Waals surface area contributed by atoms with Crippen LogP contribution >= 0.6 is 0 Å². The zero-order chi connectivity index (χ0) is 9.69. The third-order valence-electron chi connectivity index (χ3n) is 3.47. The van der Waals surface area contributed by atoms with Crippen LogP contribution in [0, 0.1) is 11.3 Å². The van der Waals surface area contributed by atoms with Crippen molar-refractivity contribution in [1.29, 1.82) is 0 Å². The summed E-state index contributed by atoms with van der Waals surface area (Å²) in [5.74, 6) is -4.57. The molecule has 4 heteroatoms. The number of aliphatic carboxylic acids is 1. The van der Waals surface area contributed by atoms with Crippen LogP contribution in [0.25, 0.3) is 0 Å². The van der Waals surface area contributed by atoms with Gasteiger partial charge in [-0.05, 0) is 12.8 Å². The van der Waals surface area contributed by atoms with Crippen molar-refractivity contribution in [2.45, 2.75) is 38.0 Å². The van der Waals surface area contributed by atoms with Gasteiger partial charge in [0.2, 0.25) is 0 Å². The second-order valence-corrected chi connectivity index (χ2v) is 4.17. The van der Waals surface area contributed by atoms with E-state index in [2.05, 4.69) is 0 Å². The zero-order valence-corrected chi connectivity index (χ0v) is 7.22. The summed E-state index contributed by atoms with van der Waals surface area (Å²) >= 11 is 0. The molecule has 1 N–H and O–H groups in total. The van der Waals surface area contributed by atoms with Crippen LogP contribution < -0.4 is 0 Å². The molecule has 0 amide bonds. The largest absolute Gasteiger partial charge is 0.481 e. The maximum absolute atomic E-state index is 13.0. The second kappa shape index (κ2) is 2.42. The van der Waals surface area contributed by atoms with Gasteiger partial charge in [-0.15, -0.1) is 0 Å². The highest BCUT2D eigenvalue weighted by atomic mass is 19.3. The third-order valence-corrected chi connectivity index (χ3v) is 3.47. The maximum Gasteiger partial charge on any atom is 0.307 e. The Hall–Kier alpha value is -0.670. The number of hydrogen-bond donors (Lipinski definition) is 1. The first-order chi connectivity index (χ1) is 6.00. The summed E-state index contributed by atoms with van der Waals surface area (Å²) in [7, 11) is 0. The number of carbonyl (C=O) groups is 1. The van der Waals surface area contributed by atoms with Crippen LogP contribution in [0.4, 0.5) is 8.78 Å². The van der Waals surface area contributed by atoms with E-state index in [0.717, 1.165) is 12.8 Å². The fraction of sp³-hybridized carbons (Fsp3) is 0.889. The maximum atomic E-state index is 13.0. The summed E-state index contributed by atoms with van der Waals surface area (Å²) < 4.78 is 26.0. The van der Waals surface area contributed by atoms with Gasteiger partial charge in [-0.2, -0.15) is 0 Å². The van der Waals surface area contributed by atoms with Crippen LogP contribution in [0.5, 0.6) is 0 Å². The first-order valence-corrected chi connectivity index (χ1v) is 4.60. The lowest BCUT2D eigenvalue weighted by molar-refractivity contribution is -0.148. The van der Waals surface area contributed by atoms with Crippen LogP contribution in [-0.4, -0.2) is 17.0 Å². The first-order valence-electron chi connectivity index (χ1n) is 4.60. The summed E-state index contributed by atoms with van der Waals surface area (Å²) in [6.07, 6.45) is 2.12. The molecule has 2 aliphatic rings. The Labute approximate surface area is 74.9 Å². The predicted octanol–water partition coefficient (Wildman–Crippen LogP) is 2.29. The van der Waals surface area contributed by atoms with E-state index in [-0.39, 0.29) is 6.42 Å². The summed E-state index contributed by atoms with van der Waals surface area (Å²) in [4.78, 5) is 10.8. The molecule has 0 bridgehead atoms. The lowest BCUT2D eigenvalue weighted by Crippen LogP contribution is -2.32. The molecule has 2 rings (SSSR count). The summed E-state index contributed by atoms with van der Waals surface area (Å²) in [5, 5.41) is 8.81.